The normalized spacial score (nSPS) is 19.6. The summed E-state index contributed by atoms with van der Waals surface area (Å²) in [7, 11) is 1.35. The van der Waals surface area contributed by atoms with Crippen molar-refractivity contribution in [3.8, 4) is 0 Å². The molecule has 2 aromatic rings. The fourth-order valence-electron chi connectivity index (χ4n) is 3.96. The SMILES string of the molecule is CN(Cc1cc(C(F)(F)F)cc(C(F)(F)F)c1)C(=O)[C@H]1CCNC[C@H]1c1ccc(F)cc1. The van der Waals surface area contributed by atoms with Gasteiger partial charge in [0, 0.05) is 32.0 Å². The Bertz CT molecular complexity index is 922. The summed E-state index contributed by atoms with van der Waals surface area (Å²) in [5.41, 5.74) is -2.39. The number of alkyl halides is 6. The van der Waals surface area contributed by atoms with Crippen LogP contribution < -0.4 is 5.32 Å². The monoisotopic (exact) mass is 462 g/mol. The van der Waals surface area contributed by atoms with Gasteiger partial charge in [-0.2, -0.15) is 26.3 Å². The van der Waals surface area contributed by atoms with E-state index in [0.29, 0.717) is 31.6 Å². The third-order valence-electron chi connectivity index (χ3n) is 5.54. The minimum atomic E-state index is -4.96. The molecule has 1 heterocycles. The molecule has 10 heteroatoms. The Kier molecular flexibility index (Phi) is 6.83. The molecule has 3 nitrogen and oxygen atoms in total. The second kappa shape index (κ2) is 9.09. The highest BCUT2D eigenvalue weighted by Crippen LogP contribution is 2.37. The van der Waals surface area contributed by atoms with Crippen LogP contribution in [0.25, 0.3) is 0 Å². The zero-order valence-electron chi connectivity index (χ0n) is 17.0. The van der Waals surface area contributed by atoms with Gasteiger partial charge in [-0.1, -0.05) is 12.1 Å². The maximum Gasteiger partial charge on any atom is 0.416 e. The Balaban J connectivity index is 1.84. The van der Waals surface area contributed by atoms with Crippen molar-refractivity contribution in [1.29, 1.82) is 0 Å². The third-order valence-corrected chi connectivity index (χ3v) is 5.54. The summed E-state index contributed by atoms with van der Waals surface area (Å²) in [5, 5.41) is 3.16. The van der Waals surface area contributed by atoms with E-state index in [1.54, 1.807) is 12.1 Å². The van der Waals surface area contributed by atoms with Crippen molar-refractivity contribution in [2.24, 2.45) is 5.92 Å². The lowest BCUT2D eigenvalue weighted by Gasteiger charge is -2.34. The molecule has 0 saturated carbocycles. The molecule has 2 atom stereocenters. The van der Waals surface area contributed by atoms with Gasteiger partial charge in [0.15, 0.2) is 0 Å². The smallest absolute Gasteiger partial charge is 0.341 e. The standard InChI is InChI=1S/C22H21F7N2O/c1-31(12-13-8-15(21(24,25)26)10-16(9-13)22(27,28)29)20(32)18-6-7-30-11-19(18)14-2-4-17(23)5-3-14/h2-5,8-10,18-19,30H,6-7,11-12H2,1H3/t18-,19-/m0/s1. The molecule has 0 aromatic heterocycles. The van der Waals surface area contributed by atoms with E-state index >= 15 is 0 Å². The third kappa shape index (κ3) is 5.59. The van der Waals surface area contributed by atoms with Crippen LogP contribution in [0, 0.1) is 11.7 Å². The van der Waals surface area contributed by atoms with Crippen molar-refractivity contribution in [2.75, 3.05) is 20.1 Å². The van der Waals surface area contributed by atoms with Gasteiger partial charge in [-0.25, -0.2) is 4.39 Å². The molecule has 0 unspecified atom stereocenters. The second-order valence-electron chi connectivity index (χ2n) is 7.87. The molecule has 174 valence electrons. The molecule has 1 aliphatic heterocycles. The first-order valence-electron chi connectivity index (χ1n) is 9.86. The van der Waals surface area contributed by atoms with Crippen molar-refractivity contribution < 1.29 is 35.5 Å². The predicted molar refractivity (Wildman–Crippen MR) is 103 cm³/mol. The van der Waals surface area contributed by atoms with Crippen LogP contribution in [-0.2, 0) is 23.7 Å². The molecule has 1 fully saturated rings. The van der Waals surface area contributed by atoms with Crippen molar-refractivity contribution in [2.45, 2.75) is 31.2 Å². The van der Waals surface area contributed by atoms with Crippen molar-refractivity contribution in [3.05, 3.63) is 70.5 Å². The molecule has 3 rings (SSSR count). The van der Waals surface area contributed by atoms with Gasteiger partial charge in [-0.15, -0.1) is 0 Å². The topological polar surface area (TPSA) is 32.3 Å². The van der Waals surface area contributed by atoms with E-state index in [9.17, 15) is 35.5 Å². The lowest BCUT2D eigenvalue weighted by molar-refractivity contribution is -0.143. The number of piperidine rings is 1. The molecule has 1 aliphatic rings. The van der Waals surface area contributed by atoms with E-state index in [1.165, 1.54) is 19.2 Å². The molecule has 0 bridgehead atoms. The van der Waals surface area contributed by atoms with Gasteiger partial charge in [0.1, 0.15) is 5.82 Å². The number of hydrogen-bond acceptors (Lipinski definition) is 2. The van der Waals surface area contributed by atoms with Gasteiger partial charge in [-0.05, 0) is 54.4 Å². The van der Waals surface area contributed by atoms with Crippen molar-refractivity contribution >= 4 is 5.91 Å². The highest BCUT2D eigenvalue weighted by molar-refractivity contribution is 5.80. The number of nitrogens with one attached hydrogen (secondary N) is 1. The molecule has 0 radical (unpaired) electrons. The largest absolute Gasteiger partial charge is 0.416 e. The Labute approximate surface area is 180 Å². The quantitative estimate of drug-likeness (QED) is 0.633. The highest BCUT2D eigenvalue weighted by atomic mass is 19.4. The number of carbonyl (C=O) groups excluding carboxylic acids is 1. The summed E-state index contributed by atoms with van der Waals surface area (Å²) in [5.74, 6) is -1.67. The Morgan fingerprint density at radius 2 is 1.56 bits per heavy atom. The molecular formula is C22H21F7N2O. The molecular weight excluding hydrogens is 441 g/mol. The molecule has 0 aliphatic carbocycles. The number of hydrogen-bond donors (Lipinski definition) is 1. The molecule has 1 amide bonds. The number of nitrogens with zero attached hydrogens (tertiary/aromatic N) is 1. The van der Waals surface area contributed by atoms with E-state index in [1.807, 2.05) is 0 Å². The summed E-state index contributed by atoms with van der Waals surface area (Å²) in [4.78, 5) is 14.2. The zero-order valence-corrected chi connectivity index (χ0v) is 17.0. The number of amides is 1. The fourth-order valence-corrected chi connectivity index (χ4v) is 3.96. The van der Waals surface area contributed by atoms with E-state index in [4.69, 9.17) is 0 Å². The molecule has 32 heavy (non-hydrogen) atoms. The molecule has 2 aromatic carbocycles. The first kappa shape index (κ1) is 24.0. The maximum absolute atomic E-state index is 13.3. The first-order chi connectivity index (χ1) is 14.9. The van der Waals surface area contributed by atoms with Crippen LogP contribution in [0.5, 0.6) is 0 Å². The number of carbonyl (C=O) groups is 1. The lowest BCUT2D eigenvalue weighted by atomic mass is 9.80. The van der Waals surface area contributed by atoms with E-state index in [2.05, 4.69) is 5.32 Å². The summed E-state index contributed by atoms with van der Waals surface area (Å²) >= 11 is 0. The molecule has 1 saturated heterocycles. The van der Waals surface area contributed by atoms with Gasteiger partial charge >= 0.3 is 12.4 Å². The maximum atomic E-state index is 13.3. The predicted octanol–water partition coefficient (Wildman–Crippen LogP) is 5.22. The highest BCUT2D eigenvalue weighted by Gasteiger charge is 2.38. The summed E-state index contributed by atoms with van der Waals surface area (Å²) in [6, 6.07) is 6.98. The first-order valence-corrected chi connectivity index (χ1v) is 9.86. The van der Waals surface area contributed by atoms with Gasteiger partial charge in [-0.3, -0.25) is 4.79 Å². The van der Waals surface area contributed by atoms with Crippen LogP contribution in [0.15, 0.2) is 42.5 Å². The summed E-state index contributed by atoms with van der Waals surface area (Å²) < 4.78 is 91.9. The molecule has 0 spiro atoms. The van der Waals surface area contributed by atoms with Crippen LogP contribution in [0.3, 0.4) is 0 Å². The minimum absolute atomic E-state index is 0.0582. The van der Waals surface area contributed by atoms with Gasteiger partial charge in [0.05, 0.1) is 11.1 Å². The van der Waals surface area contributed by atoms with Crippen LogP contribution in [0.1, 0.15) is 34.6 Å². The van der Waals surface area contributed by atoms with E-state index in [-0.39, 0.29) is 17.5 Å². The second-order valence-corrected chi connectivity index (χ2v) is 7.87. The van der Waals surface area contributed by atoms with Crippen molar-refractivity contribution in [1.82, 2.24) is 10.2 Å². The lowest BCUT2D eigenvalue weighted by Crippen LogP contribution is -2.43. The average molecular weight is 462 g/mol. The molecule has 1 N–H and O–H groups in total. The number of benzene rings is 2. The minimum Gasteiger partial charge on any atom is -0.341 e. The zero-order chi connectivity index (χ0) is 23.7. The van der Waals surface area contributed by atoms with E-state index in [0.717, 1.165) is 10.5 Å². The Morgan fingerprint density at radius 1 is 1.00 bits per heavy atom. The Morgan fingerprint density at radius 3 is 2.09 bits per heavy atom. The van der Waals surface area contributed by atoms with Crippen LogP contribution in [-0.4, -0.2) is 30.9 Å². The number of rotatable bonds is 4. The average Bonchev–Trinajstić information content (AvgIpc) is 2.72. The van der Waals surface area contributed by atoms with Crippen molar-refractivity contribution in [3.63, 3.8) is 0 Å². The van der Waals surface area contributed by atoms with Gasteiger partial charge < -0.3 is 10.2 Å². The van der Waals surface area contributed by atoms with Crippen LogP contribution in [0.2, 0.25) is 0 Å². The Hall–Kier alpha value is -2.62. The van der Waals surface area contributed by atoms with E-state index < -0.39 is 47.7 Å². The van der Waals surface area contributed by atoms with Gasteiger partial charge in [0.25, 0.3) is 0 Å². The van der Waals surface area contributed by atoms with Gasteiger partial charge in [0.2, 0.25) is 5.91 Å². The van der Waals surface area contributed by atoms with Crippen LogP contribution in [0.4, 0.5) is 30.7 Å². The summed E-state index contributed by atoms with van der Waals surface area (Å²) in [6.45, 7) is 0.563. The number of halogens is 7. The fraction of sp³-hybridized carbons (Fsp3) is 0.409. The summed E-state index contributed by atoms with van der Waals surface area (Å²) in [6.07, 6.45) is -9.48. The van der Waals surface area contributed by atoms with Crippen LogP contribution >= 0.6 is 0 Å².